The highest BCUT2D eigenvalue weighted by atomic mass is 16.2. The molecule has 0 bridgehead atoms. The molecule has 0 aromatic rings. The van der Waals surface area contributed by atoms with Crippen molar-refractivity contribution < 1.29 is 9.59 Å². The lowest BCUT2D eigenvalue weighted by Gasteiger charge is -2.22. The number of likely N-dealkylation sites (N-methyl/N-ethyl adjacent to an activating group) is 1. The molecule has 0 aromatic heterocycles. The van der Waals surface area contributed by atoms with Gasteiger partial charge in [-0.3, -0.25) is 14.9 Å². The first-order valence-electron chi connectivity index (χ1n) is 3.45. The van der Waals surface area contributed by atoms with E-state index in [1.54, 1.807) is 7.05 Å². The van der Waals surface area contributed by atoms with Crippen LogP contribution in [0.3, 0.4) is 0 Å². The van der Waals surface area contributed by atoms with Crippen LogP contribution in [0.25, 0.3) is 0 Å². The molecule has 1 fully saturated rings. The van der Waals surface area contributed by atoms with Crippen molar-refractivity contribution in [3.8, 4) is 0 Å². The normalized spacial score (nSPS) is 24.1. The average molecular weight is 157 g/mol. The van der Waals surface area contributed by atoms with Gasteiger partial charge in [-0.25, -0.2) is 0 Å². The van der Waals surface area contributed by atoms with Crippen LogP contribution in [-0.4, -0.2) is 38.0 Å². The van der Waals surface area contributed by atoms with Gasteiger partial charge >= 0.3 is 0 Å². The van der Waals surface area contributed by atoms with Gasteiger partial charge in [0, 0.05) is 13.6 Å². The van der Waals surface area contributed by atoms with Crippen molar-refractivity contribution >= 4 is 11.8 Å². The van der Waals surface area contributed by atoms with Crippen molar-refractivity contribution in [1.29, 1.82) is 0 Å². The standard InChI is InChI=1S/C6H11N3O2/c1-7-6(11)4-2-9-5(10)3-8-4/h4,8H,2-3H2,1H3,(H,7,11)(H,9,10). The van der Waals surface area contributed by atoms with Crippen LogP contribution in [-0.2, 0) is 9.59 Å². The summed E-state index contributed by atoms with van der Waals surface area (Å²) in [6.45, 7) is 0.594. The summed E-state index contributed by atoms with van der Waals surface area (Å²) >= 11 is 0. The van der Waals surface area contributed by atoms with Gasteiger partial charge in [-0.05, 0) is 0 Å². The van der Waals surface area contributed by atoms with Crippen molar-refractivity contribution in [2.24, 2.45) is 0 Å². The average Bonchev–Trinajstić information content (AvgIpc) is 2.05. The summed E-state index contributed by atoms with van der Waals surface area (Å²) in [4.78, 5) is 21.6. The molecule has 11 heavy (non-hydrogen) atoms. The summed E-state index contributed by atoms with van der Waals surface area (Å²) in [6.07, 6.45) is 0. The van der Waals surface area contributed by atoms with Gasteiger partial charge in [-0.1, -0.05) is 0 Å². The van der Waals surface area contributed by atoms with Crippen LogP contribution in [0.1, 0.15) is 0 Å². The first-order valence-corrected chi connectivity index (χ1v) is 3.45. The highest BCUT2D eigenvalue weighted by Gasteiger charge is 2.22. The van der Waals surface area contributed by atoms with E-state index in [0.29, 0.717) is 6.54 Å². The lowest BCUT2D eigenvalue weighted by Crippen LogP contribution is -2.57. The number of rotatable bonds is 1. The number of hydrogen-bond donors (Lipinski definition) is 3. The molecule has 1 atom stereocenters. The maximum Gasteiger partial charge on any atom is 0.238 e. The summed E-state index contributed by atoms with van der Waals surface area (Å²) in [5.74, 6) is -0.157. The molecule has 1 rings (SSSR count). The zero-order valence-corrected chi connectivity index (χ0v) is 6.31. The molecule has 1 saturated heterocycles. The van der Waals surface area contributed by atoms with Gasteiger partial charge in [0.05, 0.1) is 6.54 Å². The Labute approximate surface area is 64.5 Å². The second kappa shape index (κ2) is 3.34. The third kappa shape index (κ3) is 1.91. The topological polar surface area (TPSA) is 70.2 Å². The van der Waals surface area contributed by atoms with E-state index in [-0.39, 0.29) is 24.4 Å². The second-order valence-corrected chi connectivity index (χ2v) is 2.35. The van der Waals surface area contributed by atoms with Gasteiger partial charge in [0.15, 0.2) is 0 Å². The SMILES string of the molecule is CNC(=O)C1CNC(=O)CN1. The smallest absolute Gasteiger partial charge is 0.238 e. The summed E-state index contributed by atoms with van der Waals surface area (Å²) < 4.78 is 0. The molecule has 5 nitrogen and oxygen atoms in total. The van der Waals surface area contributed by atoms with Gasteiger partial charge in [-0.2, -0.15) is 0 Å². The van der Waals surface area contributed by atoms with Gasteiger partial charge in [0.25, 0.3) is 0 Å². The van der Waals surface area contributed by atoms with Crippen LogP contribution >= 0.6 is 0 Å². The molecule has 2 amide bonds. The van der Waals surface area contributed by atoms with Gasteiger partial charge < -0.3 is 10.6 Å². The minimum absolute atomic E-state index is 0.0647. The highest BCUT2D eigenvalue weighted by molar-refractivity contribution is 5.86. The van der Waals surface area contributed by atoms with E-state index in [1.807, 2.05) is 0 Å². The summed E-state index contributed by atoms with van der Waals surface area (Å²) in [5.41, 5.74) is 0. The van der Waals surface area contributed by atoms with Crippen LogP contribution < -0.4 is 16.0 Å². The fourth-order valence-corrected chi connectivity index (χ4v) is 0.926. The van der Waals surface area contributed by atoms with Gasteiger partial charge in [0.2, 0.25) is 11.8 Å². The molecule has 5 heteroatoms. The monoisotopic (exact) mass is 157 g/mol. The van der Waals surface area contributed by atoms with Crippen molar-refractivity contribution in [3.63, 3.8) is 0 Å². The summed E-state index contributed by atoms with van der Waals surface area (Å²) in [5, 5.41) is 7.88. The van der Waals surface area contributed by atoms with Crippen LogP contribution in [0.4, 0.5) is 0 Å². The molecule has 0 radical (unpaired) electrons. The van der Waals surface area contributed by atoms with Crippen LogP contribution in [0, 0.1) is 0 Å². The Morgan fingerprint density at radius 3 is 2.91 bits per heavy atom. The number of amides is 2. The number of nitrogens with one attached hydrogen (secondary N) is 3. The van der Waals surface area contributed by atoms with Gasteiger partial charge in [-0.15, -0.1) is 0 Å². The molecule has 1 unspecified atom stereocenters. The van der Waals surface area contributed by atoms with E-state index in [2.05, 4.69) is 16.0 Å². The number of carbonyl (C=O) groups excluding carboxylic acids is 2. The molecule has 0 aliphatic carbocycles. The molecule has 62 valence electrons. The number of hydrogen-bond acceptors (Lipinski definition) is 3. The van der Waals surface area contributed by atoms with E-state index in [4.69, 9.17) is 0 Å². The largest absolute Gasteiger partial charge is 0.358 e. The van der Waals surface area contributed by atoms with Gasteiger partial charge in [0.1, 0.15) is 6.04 Å². The predicted octanol–water partition coefficient (Wildman–Crippen LogP) is -2.18. The van der Waals surface area contributed by atoms with Crippen molar-refractivity contribution in [2.45, 2.75) is 6.04 Å². The summed E-state index contributed by atoms with van der Waals surface area (Å²) in [6, 6.07) is -0.280. The summed E-state index contributed by atoms with van der Waals surface area (Å²) in [7, 11) is 1.57. The molecule has 0 spiro atoms. The van der Waals surface area contributed by atoms with Crippen molar-refractivity contribution in [3.05, 3.63) is 0 Å². The van der Waals surface area contributed by atoms with Crippen LogP contribution in [0.5, 0.6) is 0 Å². The first-order chi connectivity index (χ1) is 5.24. The minimum atomic E-state index is -0.280. The molecular weight excluding hydrogens is 146 g/mol. The molecule has 1 aliphatic rings. The highest BCUT2D eigenvalue weighted by Crippen LogP contribution is 1.86. The molecule has 0 saturated carbocycles. The van der Waals surface area contributed by atoms with Crippen molar-refractivity contribution in [1.82, 2.24) is 16.0 Å². The maximum atomic E-state index is 10.9. The first kappa shape index (κ1) is 8.00. The molecule has 3 N–H and O–H groups in total. The Hall–Kier alpha value is -1.10. The van der Waals surface area contributed by atoms with Crippen LogP contribution in [0.2, 0.25) is 0 Å². The fourth-order valence-electron chi connectivity index (χ4n) is 0.926. The maximum absolute atomic E-state index is 10.9. The molecule has 0 aromatic carbocycles. The lowest BCUT2D eigenvalue weighted by molar-refractivity contribution is -0.126. The third-order valence-electron chi connectivity index (χ3n) is 1.58. The molecule has 1 heterocycles. The van der Waals surface area contributed by atoms with Crippen molar-refractivity contribution in [2.75, 3.05) is 20.1 Å². The fraction of sp³-hybridized carbons (Fsp3) is 0.667. The zero-order valence-electron chi connectivity index (χ0n) is 6.31. The Balaban J connectivity index is 2.39. The van der Waals surface area contributed by atoms with E-state index in [9.17, 15) is 9.59 Å². The molecular formula is C6H11N3O2. The predicted molar refractivity (Wildman–Crippen MR) is 38.9 cm³/mol. The zero-order chi connectivity index (χ0) is 8.27. The Bertz CT molecular complexity index is 171. The van der Waals surface area contributed by atoms with Crippen LogP contribution in [0.15, 0.2) is 0 Å². The quantitative estimate of drug-likeness (QED) is 0.405. The van der Waals surface area contributed by atoms with E-state index in [1.165, 1.54) is 0 Å². The number of carbonyl (C=O) groups is 2. The minimum Gasteiger partial charge on any atom is -0.358 e. The van der Waals surface area contributed by atoms with E-state index < -0.39 is 0 Å². The molecule has 1 aliphatic heterocycles. The van der Waals surface area contributed by atoms with E-state index >= 15 is 0 Å². The van der Waals surface area contributed by atoms with E-state index in [0.717, 1.165) is 0 Å². The Morgan fingerprint density at radius 2 is 2.45 bits per heavy atom. The Kier molecular flexibility index (Phi) is 2.43. The second-order valence-electron chi connectivity index (χ2n) is 2.35. The number of piperazine rings is 1. The Morgan fingerprint density at radius 1 is 1.73 bits per heavy atom. The lowest BCUT2D eigenvalue weighted by atomic mass is 10.2. The third-order valence-corrected chi connectivity index (χ3v) is 1.58.